The summed E-state index contributed by atoms with van der Waals surface area (Å²) >= 11 is 0. The third-order valence-corrected chi connectivity index (χ3v) is 2.85. The van der Waals surface area contributed by atoms with Crippen LogP contribution >= 0.6 is 0 Å². The molecule has 1 aliphatic heterocycles. The number of hydrogen-bond acceptors (Lipinski definition) is 2. The van der Waals surface area contributed by atoms with Crippen LogP contribution in [0.4, 0.5) is 0 Å². The van der Waals surface area contributed by atoms with Gasteiger partial charge in [-0.1, -0.05) is 27.2 Å². The summed E-state index contributed by atoms with van der Waals surface area (Å²) in [6.45, 7) is 10.4. The largest absolute Gasteiger partial charge is 0.315 e. The zero-order valence-electron chi connectivity index (χ0n) is 10.0. The molecule has 1 fully saturated rings. The average Bonchev–Trinajstić information content (AvgIpc) is 2.13. The summed E-state index contributed by atoms with van der Waals surface area (Å²) in [4.78, 5) is 0. The number of nitrogens with one attached hydrogen (secondary N) is 2. The van der Waals surface area contributed by atoms with Crippen molar-refractivity contribution in [3.05, 3.63) is 0 Å². The Labute approximate surface area is 88.8 Å². The van der Waals surface area contributed by atoms with Crippen molar-refractivity contribution >= 4 is 0 Å². The molecule has 2 heteroatoms. The maximum Gasteiger partial charge on any atom is 0.0192 e. The van der Waals surface area contributed by atoms with E-state index in [1.165, 1.54) is 32.2 Å². The highest BCUT2D eigenvalue weighted by molar-refractivity contribution is 4.74. The van der Waals surface area contributed by atoms with E-state index in [1.807, 2.05) is 0 Å². The van der Waals surface area contributed by atoms with Crippen LogP contribution in [0.1, 0.15) is 46.5 Å². The maximum absolute atomic E-state index is 3.55. The molecule has 1 unspecified atom stereocenters. The Morgan fingerprint density at radius 3 is 2.64 bits per heavy atom. The smallest absolute Gasteiger partial charge is 0.0192 e. The first kappa shape index (κ1) is 12.0. The van der Waals surface area contributed by atoms with E-state index in [9.17, 15) is 0 Å². The molecule has 0 aromatic heterocycles. The fourth-order valence-corrected chi connectivity index (χ4v) is 1.84. The van der Waals surface area contributed by atoms with Gasteiger partial charge in [0, 0.05) is 12.6 Å². The molecule has 2 N–H and O–H groups in total. The van der Waals surface area contributed by atoms with Crippen LogP contribution in [0, 0.1) is 5.41 Å². The quantitative estimate of drug-likeness (QED) is 0.676. The Hall–Kier alpha value is -0.0800. The van der Waals surface area contributed by atoms with Crippen molar-refractivity contribution in [3.63, 3.8) is 0 Å². The predicted octanol–water partition coefficient (Wildman–Crippen LogP) is 2.15. The van der Waals surface area contributed by atoms with E-state index < -0.39 is 0 Å². The number of hydrogen-bond donors (Lipinski definition) is 2. The molecular weight excluding hydrogens is 172 g/mol. The first-order valence-electron chi connectivity index (χ1n) is 6.02. The van der Waals surface area contributed by atoms with Crippen molar-refractivity contribution in [3.8, 4) is 0 Å². The zero-order chi connectivity index (χ0) is 10.4. The van der Waals surface area contributed by atoms with Crippen molar-refractivity contribution in [2.45, 2.75) is 52.5 Å². The SMILES string of the molecule is CC(C)(C)CCNCC1CCCCN1. The Morgan fingerprint density at radius 1 is 1.29 bits per heavy atom. The van der Waals surface area contributed by atoms with E-state index in [0.717, 1.165) is 19.1 Å². The second-order valence-electron chi connectivity index (χ2n) is 5.66. The Bertz CT molecular complexity index is 143. The minimum absolute atomic E-state index is 0.465. The summed E-state index contributed by atoms with van der Waals surface area (Å²) in [5.41, 5.74) is 0.465. The highest BCUT2D eigenvalue weighted by Gasteiger charge is 2.13. The van der Waals surface area contributed by atoms with Gasteiger partial charge in [0.05, 0.1) is 0 Å². The maximum atomic E-state index is 3.55. The lowest BCUT2D eigenvalue weighted by Crippen LogP contribution is -2.42. The topological polar surface area (TPSA) is 24.1 Å². The fraction of sp³-hybridized carbons (Fsp3) is 1.00. The molecule has 1 heterocycles. The first-order chi connectivity index (χ1) is 6.58. The molecule has 14 heavy (non-hydrogen) atoms. The molecule has 84 valence electrons. The Balaban J connectivity index is 1.97. The van der Waals surface area contributed by atoms with Crippen molar-refractivity contribution in [2.75, 3.05) is 19.6 Å². The fourth-order valence-electron chi connectivity index (χ4n) is 1.84. The lowest BCUT2D eigenvalue weighted by molar-refractivity contribution is 0.344. The van der Waals surface area contributed by atoms with E-state index in [-0.39, 0.29) is 0 Å². The lowest BCUT2D eigenvalue weighted by Gasteiger charge is -2.25. The molecule has 2 nitrogen and oxygen atoms in total. The molecular formula is C12H26N2. The van der Waals surface area contributed by atoms with Crippen LogP contribution in [0.2, 0.25) is 0 Å². The van der Waals surface area contributed by atoms with Crippen molar-refractivity contribution in [2.24, 2.45) is 5.41 Å². The van der Waals surface area contributed by atoms with Gasteiger partial charge in [-0.05, 0) is 37.8 Å². The van der Waals surface area contributed by atoms with Crippen molar-refractivity contribution < 1.29 is 0 Å². The van der Waals surface area contributed by atoms with E-state index in [4.69, 9.17) is 0 Å². The van der Waals surface area contributed by atoms with Gasteiger partial charge in [0.15, 0.2) is 0 Å². The van der Waals surface area contributed by atoms with Crippen LogP contribution in [-0.4, -0.2) is 25.7 Å². The van der Waals surface area contributed by atoms with Gasteiger partial charge in [-0.25, -0.2) is 0 Å². The predicted molar refractivity (Wildman–Crippen MR) is 62.6 cm³/mol. The molecule has 0 amide bonds. The minimum atomic E-state index is 0.465. The van der Waals surface area contributed by atoms with Gasteiger partial charge in [0.2, 0.25) is 0 Å². The summed E-state index contributed by atoms with van der Waals surface area (Å²) in [7, 11) is 0. The molecule has 1 rings (SSSR count). The van der Waals surface area contributed by atoms with E-state index in [1.54, 1.807) is 0 Å². The third kappa shape index (κ3) is 5.61. The Kier molecular flexibility index (Phi) is 4.90. The molecule has 0 radical (unpaired) electrons. The summed E-state index contributed by atoms with van der Waals surface area (Å²) in [5.74, 6) is 0. The first-order valence-corrected chi connectivity index (χ1v) is 6.02. The summed E-state index contributed by atoms with van der Waals surface area (Å²) in [6.07, 6.45) is 5.37. The van der Waals surface area contributed by atoms with E-state index in [2.05, 4.69) is 31.4 Å². The van der Waals surface area contributed by atoms with Gasteiger partial charge >= 0.3 is 0 Å². The molecule has 0 saturated carbocycles. The third-order valence-electron chi connectivity index (χ3n) is 2.85. The van der Waals surface area contributed by atoms with Crippen LogP contribution in [-0.2, 0) is 0 Å². The van der Waals surface area contributed by atoms with Gasteiger partial charge in [0.25, 0.3) is 0 Å². The number of rotatable bonds is 4. The van der Waals surface area contributed by atoms with Gasteiger partial charge in [0.1, 0.15) is 0 Å². The van der Waals surface area contributed by atoms with Gasteiger partial charge in [-0.3, -0.25) is 0 Å². The van der Waals surface area contributed by atoms with Crippen LogP contribution in [0.25, 0.3) is 0 Å². The minimum Gasteiger partial charge on any atom is -0.315 e. The second kappa shape index (κ2) is 5.72. The van der Waals surface area contributed by atoms with Crippen molar-refractivity contribution in [1.82, 2.24) is 10.6 Å². The zero-order valence-corrected chi connectivity index (χ0v) is 10.0. The standard InChI is InChI=1S/C12H26N2/c1-12(2,3)7-9-13-10-11-6-4-5-8-14-11/h11,13-14H,4-10H2,1-3H3. The molecule has 1 saturated heterocycles. The molecule has 0 aromatic rings. The molecule has 0 spiro atoms. The summed E-state index contributed by atoms with van der Waals surface area (Å²) in [6, 6.07) is 0.726. The van der Waals surface area contributed by atoms with Crippen LogP contribution in [0.15, 0.2) is 0 Å². The van der Waals surface area contributed by atoms with Gasteiger partial charge in [-0.15, -0.1) is 0 Å². The summed E-state index contributed by atoms with van der Waals surface area (Å²) in [5, 5.41) is 7.10. The van der Waals surface area contributed by atoms with Crippen LogP contribution in [0.5, 0.6) is 0 Å². The molecule has 0 bridgehead atoms. The normalized spacial score (nSPS) is 23.8. The van der Waals surface area contributed by atoms with Crippen LogP contribution < -0.4 is 10.6 Å². The number of piperidine rings is 1. The molecule has 1 atom stereocenters. The molecule has 0 aliphatic carbocycles. The lowest BCUT2D eigenvalue weighted by atomic mass is 9.92. The van der Waals surface area contributed by atoms with E-state index >= 15 is 0 Å². The van der Waals surface area contributed by atoms with Gasteiger partial charge in [-0.2, -0.15) is 0 Å². The average molecular weight is 198 g/mol. The molecule has 0 aromatic carbocycles. The summed E-state index contributed by atoms with van der Waals surface area (Å²) < 4.78 is 0. The second-order valence-corrected chi connectivity index (χ2v) is 5.66. The monoisotopic (exact) mass is 198 g/mol. The van der Waals surface area contributed by atoms with Crippen molar-refractivity contribution in [1.29, 1.82) is 0 Å². The van der Waals surface area contributed by atoms with E-state index in [0.29, 0.717) is 5.41 Å². The van der Waals surface area contributed by atoms with Crippen LogP contribution in [0.3, 0.4) is 0 Å². The molecule has 1 aliphatic rings. The highest BCUT2D eigenvalue weighted by Crippen LogP contribution is 2.16. The Morgan fingerprint density at radius 2 is 2.07 bits per heavy atom. The highest BCUT2D eigenvalue weighted by atomic mass is 15.0. The van der Waals surface area contributed by atoms with Gasteiger partial charge < -0.3 is 10.6 Å².